The highest BCUT2D eigenvalue weighted by Crippen LogP contribution is 2.30. The molecule has 0 amide bonds. The second-order valence-electron chi connectivity index (χ2n) is 7.64. The van der Waals surface area contributed by atoms with E-state index in [1.807, 2.05) is 31.2 Å². The Morgan fingerprint density at radius 1 is 1.30 bits per heavy atom. The predicted molar refractivity (Wildman–Crippen MR) is 108 cm³/mol. The van der Waals surface area contributed by atoms with E-state index < -0.39 is 9.84 Å². The Bertz CT molecular complexity index is 942. The molecule has 2 unspecified atom stereocenters. The molecule has 7 heteroatoms. The molecule has 2 saturated heterocycles. The number of benzene rings is 1. The largest absolute Gasteiger partial charge is 0.377 e. The summed E-state index contributed by atoms with van der Waals surface area (Å²) >= 11 is 6.66. The summed E-state index contributed by atoms with van der Waals surface area (Å²) < 4.78 is 29.9. The van der Waals surface area contributed by atoms with Crippen molar-refractivity contribution in [2.75, 3.05) is 24.7 Å². The van der Waals surface area contributed by atoms with Crippen molar-refractivity contribution in [3.8, 4) is 0 Å². The standard InChI is InChI=1S/C20H25ClN2O3S/c1-14-17-6-2-3-7-18(17)22-19(20(14)21)12-23(11-16-5-4-9-26-16)15-8-10-27(24,25)13-15/h2-3,6-7,15-16H,4-5,8-13H2,1H3. The highest BCUT2D eigenvalue weighted by Gasteiger charge is 2.34. The first-order valence-electron chi connectivity index (χ1n) is 9.53. The van der Waals surface area contributed by atoms with Gasteiger partial charge in [-0.25, -0.2) is 13.4 Å². The first-order valence-corrected chi connectivity index (χ1v) is 11.7. The molecular weight excluding hydrogens is 384 g/mol. The van der Waals surface area contributed by atoms with Gasteiger partial charge < -0.3 is 4.74 Å². The summed E-state index contributed by atoms with van der Waals surface area (Å²) in [5.41, 5.74) is 2.76. The van der Waals surface area contributed by atoms with Crippen molar-refractivity contribution in [2.24, 2.45) is 0 Å². The number of halogens is 1. The van der Waals surface area contributed by atoms with Gasteiger partial charge in [0, 0.05) is 31.1 Å². The molecule has 1 aromatic carbocycles. The molecule has 0 radical (unpaired) electrons. The minimum Gasteiger partial charge on any atom is -0.377 e. The van der Waals surface area contributed by atoms with Crippen LogP contribution in [0.3, 0.4) is 0 Å². The van der Waals surface area contributed by atoms with Crippen LogP contribution in [0.1, 0.15) is 30.5 Å². The average Bonchev–Trinajstić information content (AvgIpc) is 3.28. The van der Waals surface area contributed by atoms with Crippen molar-refractivity contribution in [1.82, 2.24) is 9.88 Å². The van der Waals surface area contributed by atoms with Crippen LogP contribution in [0, 0.1) is 6.92 Å². The molecule has 0 N–H and O–H groups in total. The summed E-state index contributed by atoms with van der Waals surface area (Å²) in [6.07, 6.45) is 2.91. The Labute approximate surface area is 165 Å². The molecule has 2 aliphatic rings. The van der Waals surface area contributed by atoms with Crippen molar-refractivity contribution >= 4 is 32.3 Å². The zero-order valence-corrected chi connectivity index (χ0v) is 17.1. The third kappa shape index (κ3) is 4.14. The first kappa shape index (κ1) is 19.1. The zero-order valence-electron chi connectivity index (χ0n) is 15.5. The normalized spacial score (nSPS) is 24.9. The second kappa shape index (κ2) is 7.66. The molecular formula is C20H25ClN2O3S. The molecule has 0 bridgehead atoms. The summed E-state index contributed by atoms with van der Waals surface area (Å²) in [5, 5.41) is 1.73. The highest BCUT2D eigenvalue weighted by atomic mass is 35.5. The number of hydrogen-bond donors (Lipinski definition) is 0. The molecule has 27 heavy (non-hydrogen) atoms. The van der Waals surface area contributed by atoms with Gasteiger partial charge in [0.2, 0.25) is 0 Å². The SMILES string of the molecule is Cc1c(Cl)c(CN(CC2CCCO2)C2CCS(=O)(=O)C2)nc2ccccc12. The van der Waals surface area contributed by atoms with Crippen molar-refractivity contribution in [1.29, 1.82) is 0 Å². The number of ether oxygens (including phenoxy) is 1. The molecule has 2 fully saturated rings. The van der Waals surface area contributed by atoms with E-state index in [1.54, 1.807) is 0 Å². The maximum Gasteiger partial charge on any atom is 0.151 e. The van der Waals surface area contributed by atoms with Gasteiger partial charge in [0.1, 0.15) is 0 Å². The first-order chi connectivity index (χ1) is 12.9. The highest BCUT2D eigenvalue weighted by molar-refractivity contribution is 7.91. The van der Waals surface area contributed by atoms with Crippen LogP contribution in [0.15, 0.2) is 24.3 Å². The Hall–Kier alpha value is -1.21. The molecule has 5 nitrogen and oxygen atoms in total. The monoisotopic (exact) mass is 408 g/mol. The lowest BCUT2D eigenvalue weighted by Gasteiger charge is -2.30. The maximum atomic E-state index is 12.0. The van der Waals surface area contributed by atoms with Gasteiger partial charge in [-0.1, -0.05) is 29.8 Å². The van der Waals surface area contributed by atoms with Crippen molar-refractivity contribution in [3.63, 3.8) is 0 Å². The van der Waals surface area contributed by atoms with Crippen molar-refractivity contribution < 1.29 is 13.2 Å². The number of fused-ring (bicyclic) bond motifs is 1. The lowest BCUT2D eigenvalue weighted by molar-refractivity contribution is 0.0570. The minimum atomic E-state index is -2.96. The van der Waals surface area contributed by atoms with Gasteiger partial charge in [0.15, 0.2) is 9.84 Å². The molecule has 146 valence electrons. The summed E-state index contributed by atoms with van der Waals surface area (Å²) in [7, 11) is -2.96. The third-order valence-electron chi connectivity index (χ3n) is 5.69. The maximum absolute atomic E-state index is 12.0. The van der Waals surface area contributed by atoms with E-state index in [0.29, 0.717) is 18.0 Å². The molecule has 0 spiro atoms. The average molecular weight is 409 g/mol. The minimum absolute atomic E-state index is 0.00356. The molecule has 0 aliphatic carbocycles. The number of pyridine rings is 1. The molecule has 4 rings (SSSR count). The van der Waals surface area contributed by atoms with E-state index in [9.17, 15) is 8.42 Å². The third-order valence-corrected chi connectivity index (χ3v) is 7.94. The van der Waals surface area contributed by atoms with Gasteiger partial charge in [0.25, 0.3) is 0 Å². The topological polar surface area (TPSA) is 59.5 Å². The fourth-order valence-electron chi connectivity index (χ4n) is 4.17. The van der Waals surface area contributed by atoms with Crippen LogP contribution in [0.25, 0.3) is 10.9 Å². The quantitative estimate of drug-likeness (QED) is 0.759. The van der Waals surface area contributed by atoms with Crippen molar-refractivity contribution in [3.05, 3.63) is 40.5 Å². The van der Waals surface area contributed by atoms with Gasteiger partial charge in [0.05, 0.1) is 33.8 Å². The lowest BCUT2D eigenvalue weighted by Crippen LogP contribution is -2.41. The summed E-state index contributed by atoms with van der Waals surface area (Å²) in [6, 6.07) is 7.98. The van der Waals surface area contributed by atoms with Gasteiger partial charge in [-0.2, -0.15) is 0 Å². The summed E-state index contributed by atoms with van der Waals surface area (Å²) in [6.45, 7) is 4.07. The van der Waals surface area contributed by atoms with Gasteiger partial charge in [-0.3, -0.25) is 4.90 Å². The van der Waals surface area contributed by atoms with Crippen LogP contribution in [-0.2, 0) is 21.1 Å². The van der Waals surface area contributed by atoms with Crippen LogP contribution in [0.5, 0.6) is 0 Å². The fraction of sp³-hybridized carbons (Fsp3) is 0.550. The van der Waals surface area contributed by atoms with E-state index in [1.165, 1.54) is 0 Å². The predicted octanol–water partition coefficient (Wildman–Crippen LogP) is 3.36. The van der Waals surface area contributed by atoms with Crippen LogP contribution < -0.4 is 0 Å². The molecule has 2 atom stereocenters. The van der Waals surface area contributed by atoms with Crippen molar-refractivity contribution in [2.45, 2.75) is 44.9 Å². The summed E-state index contributed by atoms with van der Waals surface area (Å²) in [5.74, 6) is 0.474. The number of rotatable bonds is 5. The number of nitrogens with zero attached hydrogens (tertiary/aromatic N) is 2. The van der Waals surface area contributed by atoms with Crippen LogP contribution in [0.4, 0.5) is 0 Å². The Kier molecular flexibility index (Phi) is 5.43. The number of aromatic nitrogens is 1. The zero-order chi connectivity index (χ0) is 19.0. The van der Waals surface area contributed by atoms with Gasteiger partial charge in [-0.15, -0.1) is 0 Å². The Morgan fingerprint density at radius 2 is 2.11 bits per heavy atom. The molecule has 2 aliphatic heterocycles. The van der Waals surface area contributed by atoms with Crippen LogP contribution >= 0.6 is 11.6 Å². The van der Waals surface area contributed by atoms with E-state index in [-0.39, 0.29) is 23.7 Å². The van der Waals surface area contributed by atoms with E-state index in [4.69, 9.17) is 21.3 Å². The molecule has 3 heterocycles. The number of hydrogen-bond acceptors (Lipinski definition) is 5. The van der Waals surface area contributed by atoms with Crippen LogP contribution in [0.2, 0.25) is 5.02 Å². The Morgan fingerprint density at radius 3 is 2.81 bits per heavy atom. The lowest BCUT2D eigenvalue weighted by atomic mass is 10.1. The summed E-state index contributed by atoms with van der Waals surface area (Å²) in [4.78, 5) is 7.02. The number of sulfone groups is 1. The smallest absolute Gasteiger partial charge is 0.151 e. The van der Waals surface area contributed by atoms with E-state index in [0.717, 1.165) is 48.2 Å². The molecule has 0 saturated carbocycles. The molecule has 1 aromatic heterocycles. The molecule has 2 aromatic rings. The number of para-hydroxylation sites is 1. The fourth-order valence-corrected chi connectivity index (χ4v) is 6.14. The van der Waals surface area contributed by atoms with E-state index in [2.05, 4.69) is 4.90 Å². The van der Waals surface area contributed by atoms with Gasteiger partial charge in [-0.05, 0) is 37.8 Å². The Balaban J connectivity index is 1.64. The number of aryl methyl sites for hydroxylation is 1. The second-order valence-corrected chi connectivity index (χ2v) is 10.2. The van der Waals surface area contributed by atoms with E-state index >= 15 is 0 Å². The van der Waals surface area contributed by atoms with Crippen LogP contribution in [-0.4, -0.2) is 55.1 Å². The van der Waals surface area contributed by atoms with Gasteiger partial charge >= 0.3 is 0 Å².